The van der Waals surface area contributed by atoms with Gasteiger partial charge in [0.25, 0.3) is 11.8 Å². The molecule has 0 aliphatic carbocycles. The fourth-order valence-corrected chi connectivity index (χ4v) is 3.52. The summed E-state index contributed by atoms with van der Waals surface area (Å²) in [4.78, 5) is 30.8. The number of alkyl halides is 3. The second-order valence-electron chi connectivity index (χ2n) is 6.89. The number of halogens is 3. The van der Waals surface area contributed by atoms with Gasteiger partial charge in [-0.2, -0.15) is 13.2 Å². The first-order valence-corrected chi connectivity index (χ1v) is 10.8. The van der Waals surface area contributed by atoms with Crippen LogP contribution in [0.1, 0.15) is 70.9 Å². The SMILES string of the molecule is CCCCNC(=O)c1csc(CN(CCCC)C(=O)c2cccc(C(F)(F)F)c2)n1. The van der Waals surface area contributed by atoms with Gasteiger partial charge < -0.3 is 10.2 Å². The topological polar surface area (TPSA) is 62.3 Å². The number of benzene rings is 1. The number of nitrogens with zero attached hydrogens (tertiary/aromatic N) is 2. The second kappa shape index (κ2) is 11.1. The maximum absolute atomic E-state index is 13.0. The van der Waals surface area contributed by atoms with E-state index >= 15 is 0 Å². The largest absolute Gasteiger partial charge is 0.416 e. The summed E-state index contributed by atoms with van der Waals surface area (Å²) in [6, 6.07) is 4.42. The smallest absolute Gasteiger partial charge is 0.351 e. The van der Waals surface area contributed by atoms with Crippen LogP contribution in [0, 0.1) is 0 Å². The Morgan fingerprint density at radius 2 is 1.90 bits per heavy atom. The van der Waals surface area contributed by atoms with Gasteiger partial charge in [0.05, 0.1) is 12.1 Å². The molecule has 0 aliphatic rings. The number of hydrogen-bond donors (Lipinski definition) is 1. The van der Waals surface area contributed by atoms with Crippen molar-refractivity contribution in [2.45, 2.75) is 52.3 Å². The number of carbonyl (C=O) groups excluding carboxylic acids is 2. The van der Waals surface area contributed by atoms with E-state index in [1.165, 1.54) is 28.4 Å². The highest BCUT2D eigenvalue weighted by molar-refractivity contribution is 7.09. The molecule has 0 unspecified atom stereocenters. The molecule has 0 saturated carbocycles. The fourth-order valence-electron chi connectivity index (χ4n) is 2.73. The Bertz CT molecular complexity index is 852. The number of hydrogen-bond acceptors (Lipinski definition) is 4. The molecule has 2 aromatic rings. The lowest BCUT2D eigenvalue weighted by molar-refractivity contribution is -0.137. The Morgan fingerprint density at radius 3 is 2.57 bits per heavy atom. The summed E-state index contributed by atoms with van der Waals surface area (Å²) in [5.41, 5.74) is -0.591. The molecule has 0 atom stereocenters. The van der Waals surface area contributed by atoms with Crippen LogP contribution in [0.25, 0.3) is 0 Å². The monoisotopic (exact) mass is 441 g/mol. The van der Waals surface area contributed by atoms with Gasteiger partial charge in [-0.25, -0.2) is 4.98 Å². The highest BCUT2D eigenvalue weighted by Gasteiger charge is 2.31. The predicted octanol–water partition coefficient (Wildman–Crippen LogP) is 5.13. The van der Waals surface area contributed by atoms with Crippen molar-refractivity contribution in [3.63, 3.8) is 0 Å². The average molecular weight is 442 g/mol. The summed E-state index contributed by atoms with van der Waals surface area (Å²) in [6.07, 6.45) is -1.14. The van der Waals surface area contributed by atoms with E-state index in [0.29, 0.717) is 24.5 Å². The van der Waals surface area contributed by atoms with Crippen molar-refractivity contribution in [1.82, 2.24) is 15.2 Å². The molecule has 1 aromatic carbocycles. The van der Waals surface area contributed by atoms with Crippen LogP contribution < -0.4 is 5.32 Å². The number of thiazole rings is 1. The van der Waals surface area contributed by atoms with Crippen LogP contribution in [0.15, 0.2) is 29.6 Å². The fraction of sp³-hybridized carbons (Fsp3) is 0.476. The summed E-state index contributed by atoms with van der Waals surface area (Å²) < 4.78 is 39.0. The molecule has 9 heteroatoms. The molecule has 0 aliphatic heterocycles. The Balaban J connectivity index is 2.15. The number of nitrogens with one attached hydrogen (secondary N) is 1. The van der Waals surface area contributed by atoms with Gasteiger partial charge in [0, 0.05) is 24.0 Å². The molecule has 0 spiro atoms. The molecular weight excluding hydrogens is 415 g/mol. The van der Waals surface area contributed by atoms with E-state index in [-0.39, 0.29) is 23.7 Å². The van der Waals surface area contributed by atoms with Gasteiger partial charge in [0.2, 0.25) is 0 Å². The third-order valence-corrected chi connectivity index (χ3v) is 5.27. The number of aromatic nitrogens is 1. The summed E-state index contributed by atoms with van der Waals surface area (Å²) in [7, 11) is 0. The van der Waals surface area contributed by atoms with Crippen molar-refractivity contribution in [3.8, 4) is 0 Å². The minimum atomic E-state index is -4.51. The highest BCUT2D eigenvalue weighted by Crippen LogP contribution is 2.30. The molecule has 0 bridgehead atoms. The van der Waals surface area contributed by atoms with Gasteiger partial charge in [-0.05, 0) is 31.0 Å². The number of rotatable bonds is 10. The molecule has 30 heavy (non-hydrogen) atoms. The Morgan fingerprint density at radius 1 is 1.17 bits per heavy atom. The summed E-state index contributed by atoms with van der Waals surface area (Å²) >= 11 is 1.25. The lowest BCUT2D eigenvalue weighted by Gasteiger charge is -2.22. The molecule has 0 fully saturated rings. The average Bonchev–Trinajstić information content (AvgIpc) is 3.19. The zero-order valence-corrected chi connectivity index (χ0v) is 17.9. The van der Waals surface area contributed by atoms with Gasteiger partial charge in [0.15, 0.2) is 0 Å². The number of unbranched alkanes of at least 4 members (excludes halogenated alkanes) is 2. The predicted molar refractivity (Wildman–Crippen MR) is 110 cm³/mol. The molecule has 2 rings (SSSR count). The Labute approximate surface area is 178 Å². The molecule has 5 nitrogen and oxygen atoms in total. The Hall–Kier alpha value is -2.42. The van der Waals surface area contributed by atoms with E-state index < -0.39 is 17.6 Å². The second-order valence-corrected chi connectivity index (χ2v) is 7.84. The van der Waals surface area contributed by atoms with Gasteiger partial charge >= 0.3 is 6.18 Å². The zero-order chi connectivity index (χ0) is 22.1. The van der Waals surface area contributed by atoms with Crippen molar-refractivity contribution < 1.29 is 22.8 Å². The lowest BCUT2D eigenvalue weighted by Crippen LogP contribution is -2.32. The first kappa shape index (κ1) is 23.9. The summed E-state index contributed by atoms with van der Waals surface area (Å²) in [6.45, 7) is 5.10. The molecule has 1 aromatic heterocycles. The minimum Gasteiger partial charge on any atom is -0.351 e. The zero-order valence-electron chi connectivity index (χ0n) is 17.1. The standard InChI is InChI=1S/C21H26F3N3O2S/c1-3-5-10-25-19(28)17-14-30-18(26-17)13-27(11-6-4-2)20(29)15-8-7-9-16(12-15)21(22,23)24/h7-9,12,14H,3-6,10-11,13H2,1-2H3,(H,25,28). The Kier molecular flexibility index (Phi) is 8.83. The van der Waals surface area contributed by atoms with Crippen LogP contribution >= 0.6 is 11.3 Å². The maximum atomic E-state index is 13.0. The van der Waals surface area contributed by atoms with Gasteiger partial charge in [0.1, 0.15) is 10.7 Å². The van der Waals surface area contributed by atoms with Crippen LogP contribution in [0.5, 0.6) is 0 Å². The van der Waals surface area contributed by atoms with Gasteiger partial charge in [-0.3, -0.25) is 9.59 Å². The molecule has 1 heterocycles. The van der Waals surface area contributed by atoms with Crippen LogP contribution in [-0.2, 0) is 12.7 Å². The van der Waals surface area contributed by atoms with Crippen LogP contribution in [-0.4, -0.2) is 34.8 Å². The third kappa shape index (κ3) is 6.83. The van der Waals surface area contributed by atoms with E-state index in [2.05, 4.69) is 10.3 Å². The normalized spacial score (nSPS) is 11.4. The van der Waals surface area contributed by atoms with Crippen molar-refractivity contribution in [1.29, 1.82) is 0 Å². The molecule has 0 radical (unpaired) electrons. The van der Waals surface area contributed by atoms with E-state index in [1.54, 1.807) is 5.38 Å². The lowest BCUT2D eigenvalue weighted by atomic mass is 10.1. The van der Waals surface area contributed by atoms with E-state index in [0.717, 1.165) is 31.4 Å². The molecule has 1 N–H and O–H groups in total. The van der Waals surface area contributed by atoms with Crippen molar-refractivity contribution in [2.24, 2.45) is 0 Å². The van der Waals surface area contributed by atoms with Crippen LogP contribution in [0.3, 0.4) is 0 Å². The van der Waals surface area contributed by atoms with Crippen LogP contribution in [0.4, 0.5) is 13.2 Å². The van der Waals surface area contributed by atoms with E-state index in [4.69, 9.17) is 0 Å². The number of carbonyl (C=O) groups is 2. The third-order valence-electron chi connectivity index (χ3n) is 4.43. The first-order chi connectivity index (χ1) is 14.3. The molecule has 2 amide bonds. The van der Waals surface area contributed by atoms with Crippen molar-refractivity contribution in [3.05, 3.63) is 51.5 Å². The van der Waals surface area contributed by atoms with E-state index in [1.807, 2.05) is 13.8 Å². The maximum Gasteiger partial charge on any atom is 0.416 e. The first-order valence-electron chi connectivity index (χ1n) is 9.95. The van der Waals surface area contributed by atoms with Crippen LogP contribution in [0.2, 0.25) is 0 Å². The molecule has 164 valence electrons. The van der Waals surface area contributed by atoms with Gasteiger partial charge in [-0.1, -0.05) is 32.8 Å². The van der Waals surface area contributed by atoms with Crippen molar-refractivity contribution >= 4 is 23.2 Å². The number of amides is 2. The van der Waals surface area contributed by atoms with Gasteiger partial charge in [-0.15, -0.1) is 11.3 Å². The molecule has 0 saturated heterocycles. The minimum absolute atomic E-state index is 0.0185. The highest BCUT2D eigenvalue weighted by atomic mass is 32.1. The molecular formula is C21H26F3N3O2S. The summed E-state index contributed by atoms with van der Waals surface area (Å²) in [5.74, 6) is -0.756. The quantitative estimate of drug-likeness (QED) is 0.520. The van der Waals surface area contributed by atoms with E-state index in [9.17, 15) is 22.8 Å². The van der Waals surface area contributed by atoms with Crippen molar-refractivity contribution in [2.75, 3.05) is 13.1 Å². The summed E-state index contributed by atoms with van der Waals surface area (Å²) in [5, 5.41) is 4.98.